The first-order valence-corrected chi connectivity index (χ1v) is 8.63. The predicted octanol–water partition coefficient (Wildman–Crippen LogP) is 2.90. The molecule has 3 nitrogen and oxygen atoms in total. The molecular formula is C17H34N2O. The van der Waals surface area contributed by atoms with Gasteiger partial charge in [0.25, 0.3) is 0 Å². The Morgan fingerprint density at radius 2 is 2.05 bits per heavy atom. The number of rotatable bonds is 8. The fraction of sp³-hybridized carbons (Fsp3) is 1.00. The smallest absolute Gasteiger partial charge is 0.0478 e. The van der Waals surface area contributed by atoms with Crippen LogP contribution in [0.5, 0.6) is 0 Å². The van der Waals surface area contributed by atoms with E-state index in [0.29, 0.717) is 11.6 Å². The number of hydrogen-bond donors (Lipinski definition) is 1. The highest BCUT2D eigenvalue weighted by Crippen LogP contribution is 2.41. The summed E-state index contributed by atoms with van der Waals surface area (Å²) in [5, 5.41) is 3.86. The molecule has 0 aromatic heterocycles. The number of hydrogen-bond acceptors (Lipinski definition) is 3. The molecule has 2 rings (SSSR count). The number of piperazine rings is 1. The average Bonchev–Trinajstić information content (AvgIpc) is 3.23. The molecule has 2 aliphatic rings. The van der Waals surface area contributed by atoms with Crippen LogP contribution in [0.25, 0.3) is 0 Å². The van der Waals surface area contributed by atoms with Gasteiger partial charge in [-0.2, -0.15) is 0 Å². The van der Waals surface area contributed by atoms with Crippen LogP contribution < -0.4 is 5.32 Å². The van der Waals surface area contributed by atoms with Crippen molar-refractivity contribution in [3.05, 3.63) is 0 Å². The normalized spacial score (nSPS) is 31.9. The molecule has 20 heavy (non-hydrogen) atoms. The second-order valence-electron chi connectivity index (χ2n) is 7.32. The Hall–Kier alpha value is -0.120. The van der Waals surface area contributed by atoms with Crippen molar-refractivity contribution < 1.29 is 4.74 Å². The molecule has 1 aliphatic carbocycles. The molecule has 0 spiro atoms. The minimum absolute atomic E-state index is 0.357. The molecule has 1 N–H and O–H groups in total. The summed E-state index contributed by atoms with van der Waals surface area (Å²) in [5.41, 5.74) is 0.357. The number of ether oxygens (including phenoxy) is 1. The van der Waals surface area contributed by atoms with Crippen LogP contribution in [-0.4, -0.2) is 49.3 Å². The summed E-state index contributed by atoms with van der Waals surface area (Å²) >= 11 is 0. The van der Waals surface area contributed by atoms with Gasteiger partial charge < -0.3 is 10.1 Å². The lowest BCUT2D eigenvalue weighted by atomic mass is 9.88. The molecule has 1 aliphatic heterocycles. The van der Waals surface area contributed by atoms with Gasteiger partial charge in [-0.15, -0.1) is 0 Å². The van der Waals surface area contributed by atoms with Crippen molar-refractivity contribution >= 4 is 0 Å². The van der Waals surface area contributed by atoms with E-state index in [-0.39, 0.29) is 0 Å². The minimum Gasteiger partial charge on any atom is -0.381 e. The van der Waals surface area contributed by atoms with Crippen LogP contribution in [0.4, 0.5) is 0 Å². The van der Waals surface area contributed by atoms with E-state index in [1.807, 2.05) is 0 Å². The molecule has 3 heteroatoms. The summed E-state index contributed by atoms with van der Waals surface area (Å²) in [4.78, 5) is 2.73. The van der Waals surface area contributed by atoms with Gasteiger partial charge in [0.1, 0.15) is 0 Å². The van der Waals surface area contributed by atoms with Crippen LogP contribution in [-0.2, 0) is 4.74 Å². The van der Waals surface area contributed by atoms with Gasteiger partial charge in [0.15, 0.2) is 0 Å². The second kappa shape index (κ2) is 7.24. The van der Waals surface area contributed by atoms with Gasteiger partial charge in [-0.25, -0.2) is 0 Å². The van der Waals surface area contributed by atoms with Gasteiger partial charge in [0.2, 0.25) is 0 Å². The molecule has 2 unspecified atom stereocenters. The SMILES string of the molecule is CCCOCCCN1CC(C)(C2CC2)NCC1C(C)C. The van der Waals surface area contributed by atoms with Crippen LogP contribution in [0.3, 0.4) is 0 Å². The lowest BCUT2D eigenvalue weighted by Gasteiger charge is -2.48. The van der Waals surface area contributed by atoms with Gasteiger partial charge in [-0.05, 0) is 44.4 Å². The van der Waals surface area contributed by atoms with E-state index in [1.54, 1.807) is 0 Å². The zero-order chi connectivity index (χ0) is 14.6. The molecule has 0 aromatic rings. The van der Waals surface area contributed by atoms with Crippen LogP contribution in [0.1, 0.15) is 53.4 Å². The Kier molecular flexibility index (Phi) is 5.88. The predicted molar refractivity (Wildman–Crippen MR) is 85.1 cm³/mol. The maximum absolute atomic E-state index is 5.64. The minimum atomic E-state index is 0.357. The third-order valence-electron chi connectivity index (χ3n) is 5.05. The lowest BCUT2D eigenvalue weighted by Crippen LogP contribution is -2.65. The van der Waals surface area contributed by atoms with E-state index in [4.69, 9.17) is 4.74 Å². The highest BCUT2D eigenvalue weighted by atomic mass is 16.5. The first kappa shape index (κ1) is 16.3. The van der Waals surface area contributed by atoms with Crippen LogP contribution >= 0.6 is 0 Å². The van der Waals surface area contributed by atoms with Crippen molar-refractivity contribution in [1.82, 2.24) is 10.2 Å². The van der Waals surface area contributed by atoms with Crippen molar-refractivity contribution in [1.29, 1.82) is 0 Å². The number of nitrogens with zero attached hydrogens (tertiary/aromatic N) is 1. The lowest BCUT2D eigenvalue weighted by molar-refractivity contribution is 0.0413. The van der Waals surface area contributed by atoms with E-state index in [0.717, 1.165) is 38.0 Å². The first-order valence-electron chi connectivity index (χ1n) is 8.63. The third kappa shape index (κ3) is 4.19. The van der Waals surface area contributed by atoms with Crippen molar-refractivity contribution in [3.63, 3.8) is 0 Å². The Morgan fingerprint density at radius 3 is 2.65 bits per heavy atom. The molecular weight excluding hydrogens is 248 g/mol. The summed E-state index contributed by atoms with van der Waals surface area (Å²) in [7, 11) is 0. The van der Waals surface area contributed by atoms with Crippen LogP contribution in [0, 0.1) is 11.8 Å². The van der Waals surface area contributed by atoms with E-state index >= 15 is 0 Å². The molecule has 1 saturated heterocycles. The Labute approximate surface area is 125 Å². The molecule has 118 valence electrons. The highest BCUT2D eigenvalue weighted by Gasteiger charge is 2.46. The van der Waals surface area contributed by atoms with Crippen molar-refractivity contribution in [2.75, 3.05) is 32.8 Å². The van der Waals surface area contributed by atoms with Crippen LogP contribution in [0.2, 0.25) is 0 Å². The maximum Gasteiger partial charge on any atom is 0.0478 e. The largest absolute Gasteiger partial charge is 0.381 e. The monoisotopic (exact) mass is 282 g/mol. The second-order valence-corrected chi connectivity index (χ2v) is 7.32. The van der Waals surface area contributed by atoms with E-state index in [9.17, 15) is 0 Å². The van der Waals surface area contributed by atoms with Gasteiger partial charge in [-0.3, -0.25) is 4.90 Å². The summed E-state index contributed by atoms with van der Waals surface area (Å²) in [6.07, 6.45) is 5.14. The van der Waals surface area contributed by atoms with Gasteiger partial charge >= 0.3 is 0 Å². The fourth-order valence-electron chi connectivity index (χ4n) is 3.57. The summed E-state index contributed by atoms with van der Waals surface area (Å²) in [6, 6.07) is 0.688. The number of nitrogens with one attached hydrogen (secondary N) is 1. The quantitative estimate of drug-likeness (QED) is 0.693. The molecule has 0 radical (unpaired) electrons. The summed E-state index contributed by atoms with van der Waals surface area (Å²) in [6.45, 7) is 14.7. The molecule has 2 atom stereocenters. The fourth-order valence-corrected chi connectivity index (χ4v) is 3.57. The zero-order valence-corrected chi connectivity index (χ0v) is 14.0. The molecule has 0 amide bonds. The zero-order valence-electron chi connectivity index (χ0n) is 14.0. The Bertz CT molecular complexity index is 291. The summed E-state index contributed by atoms with van der Waals surface area (Å²) < 4.78 is 5.64. The molecule has 0 aromatic carbocycles. The Morgan fingerprint density at radius 1 is 1.30 bits per heavy atom. The van der Waals surface area contributed by atoms with Crippen molar-refractivity contribution in [2.24, 2.45) is 11.8 Å². The van der Waals surface area contributed by atoms with E-state index < -0.39 is 0 Å². The van der Waals surface area contributed by atoms with E-state index in [2.05, 4.69) is 37.9 Å². The third-order valence-corrected chi connectivity index (χ3v) is 5.05. The molecule has 1 saturated carbocycles. The molecule has 0 bridgehead atoms. The van der Waals surface area contributed by atoms with Crippen molar-refractivity contribution in [2.45, 2.75) is 65.0 Å². The standard InChI is InChI=1S/C17H34N2O/c1-5-10-20-11-6-9-19-13-17(4,15-7-8-15)18-12-16(19)14(2)3/h14-16,18H,5-13H2,1-4H3. The van der Waals surface area contributed by atoms with Gasteiger partial charge in [0, 0.05) is 44.4 Å². The topological polar surface area (TPSA) is 24.5 Å². The molecule has 1 heterocycles. The molecule has 2 fully saturated rings. The summed E-state index contributed by atoms with van der Waals surface area (Å²) in [5.74, 6) is 1.64. The first-order chi connectivity index (χ1) is 9.57. The van der Waals surface area contributed by atoms with Crippen molar-refractivity contribution in [3.8, 4) is 0 Å². The van der Waals surface area contributed by atoms with Gasteiger partial charge in [0.05, 0.1) is 0 Å². The van der Waals surface area contributed by atoms with E-state index in [1.165, 1.54) is 32.4 Å². The Balaban J connectivity index is 1.83. The van der Waals surface area contributed by atoms with Gasteiger partial charge in [-0.1, -0.05) is 20.8 Å². The van der Waals surface area contributed by atoms with Crippen LogP contribution in [0.15, 0.2) is 0 Å². The maximum atomic E-state index is 5.64. The average molecular weight is 282 g/mol. The highest BCUT2D eigenvalue weighted by molar-refractivity contribution is 5.04.